The SMILES string of the molecule is O=C(NCCN1CCN(c2nc3ccc(Cl)cc3s2)CC1)c1ccccc1F. The maximum Gasteiger partial charge on any atom is 0.254 e. The van der Waals surface area contributed by atoms with Gasteiger partial charge in [0.15, 0.2) is 5.13 Å². The van der Waals surface area contributed by atoms with Crippen molar-refractivity contribution < 1.29 is 9.18 Å². The predicted molar refractivity (Wildman–Crippen MR) is 112 cm³/mol. The van der Waals surface area contributed by atoms with Crippen molar-refractivity contribution in [3.8, 4) is 0 Å². The van der Waals surface area contributed by atoms with E-state index in [1.54, 1.807) is 23.5 Å². The molecule has 3 aromatic rings. The van der Waals surface area contributed by atoms with Crippen LogP contribution in [0.5, 0.6) is 0 Å². The molecule has 2 aromatic carbocycles. The highest BCUT2D eigenvalue weighted by molar-refractivity contribution is 7.22. The molecule has 0 spiro atoms. The number of benzene rings is 2. The smallest absolute Gasteiger partial charge is 0.254 e. The first-order valence-electron chi connectivity index (χ1n) is 9.16. The summed E-state index contributed by atoms with van der Waals surface area (Å²) in [4.78, 5) is 21.3. The van der Waals surface area contributed by atoms with E-state index >= 15 is 0 Å². The summed E-state index contributed by atoms with van der Waals surface area (Å²) >= 11 is 7.72. The van der Waals surface area contributed by atoms with Gasteiger partial charge in [-0.2, -0.15) is 0 Å². The van der Waals surface area contributed by atoms with E-state index in [0.29, 0.717) is 6.54 Å². The molecular formula is C20H20ClFN4OS. The lowest BCUT2D eigenvalue weighted by Gasteiger charge is -2.34. The minimum Gasteiger partial charge on any atom is -0.351 e. The molecule has 1 fully saturated rings. The summed E-state index contributed by atoms with van der Waals surface area (Å²) in [5.41, 5.74) is 1.06. The van der Waals surface area contributed by atoms with E-state index in [1.165, 1.54) is 12.1 Å². The number of aromatic nitrogens is 1. The van der Waals surface area contributed by atoms with Crippen molar-refractivity contribution in [2.24, 2.45) is 0 Å². The van der Waals surface area contributed by atoms with Crippen molar-refractivity contribution in [2.45, 2.75) is 0 Å². The third-order valence-corrected chi connectivity index (χ3v) is 6.13. The lowest BCUT2D eigenvalue weighted by Crippen LogP contribution is -2.48. The molecule has 1 N–H and O–H groups in total. The number of piperazine rings is 1. The van der Waals surface area contributed by atoms with Gasteiger partial charge in [0.1, 0.15) is 5.82 Å². The van der Waals surface area contributed by atoms with Crippen LogP contribution < -0.4 is 10.2 Å². The van der Waals surface area contributed by atoms with Gasteiger partial charge in [-0.25, -0.2) is 9.37 Å². The molecule has 1 amide bonds. The van der Waals surface area contributed by atoms with Crippen LogP contribution in [0.4, 0.5) is 9.52 Å². The highest BCUT2D eigenvalue weighted by Gasteiger charge is 2.20. The van der Waals surface area contributed by atoms with Gasteiger partial charge in [-0.15, -0.1) is 0 Å². The maximum atomic E-state index is 13.6. The number of hydrogen-bond donors (Lipinski definition) is 1. The molecule has 0 saturated carbocycles. The molecule has 0 unspecified atom stereocenters. The Kier molecular flexibility index (Phi) is 5.75. The number of carbonyl (C=O) groups is 1. The summed E-state index contributed by atoms with van der Waals surface area (Å²) in [6.07, 6.45) is 0. The molecule has 0 radical (unpaired) electrons. The molecule has 146 valence electrons. The van der Waals surface area contributed by atoms with Crippen molar-refractivity contribution in [3.63, 3.8) is 0 Å². The number of carbonyl (C=O) groups excluding carboxylic acids is 1. The van der Waals surface area contributed by atoms with Crippen LogP contribution in [0.2, 0.25) is 5.02 Å². The summed E-state index contributed by atoms with van der Waals surface area (Å²) < 4.78 is 14.7. The minimum absolute atomic E-state index is 0.0864. The first-order chi connectivity index (χ1) is 13.6. The molecule has 1 saturated heterocycles. The summed E-state index contributed by atoms with van der Waals surface area (Å²) in [6.45, 7) is 4.79. The molecule has 1 aromatic heterocycles. The molecular weight excluding hydrogens is 399 g/mol. The molecule has 0 bridgehead atoms. The van der Waals surface area contributed by atoms with Crippen molar-refractivity contribution in [1.82, 2.24) is 15.2 Å². The fourth-order valence-electron chi connectivity index (χ4n) is 3.25. The van der Waals surface area contributed by atoms with Crippen LogP contribution in [0, 0.1) is 5.82 Å². The summed E-state index contributed by atoms with van der Waals surface area (Å²) in [7, 11) is 0. The molecule has 8 heteroatoms. The van der Waals surface area contributed by atoms with Gasteiger partial charge in [-0.3, -0.25) is 9.69 Å². The molecule has 0 atom stereocenters. The Morgan fingerprint density at radius 3 is 2.75 bits per heavy atom. The van der Waals surface area contributed by atoms with Crippen LogP contribution in [0.25, 0.3) is 10.2 Å². The van der Waals surface area contributed by atoms with Crippen LogP contribution in [0.1, 0.15) is 10.4 Å². The van der Waals surface area contributed by atoms with Gasteiger partial charge in [0.2, 0.25) is 0 Å². The van der Waals surface area contributed by atoms with Crippen LogP contribution in [-0.4, -0.2) is 55.1 Å². The van der Waals surface area contributed by atoms with Crippen molar-refractivity contribution in [3.05, 3.63) is 58.9 Å². The standard InChI is InChI=1S/C20H20ClFN4OS/c21-14-5-6-17-18(13-14)28-20(24-17)26-11-9-25(10-12-26)8-7-23-19(27)15-3-1-2-4-16(15)22/h1-6,13H,7-12H2,(H,23,27). The topological polar surface area (TPSA) is 48.5 Å². The van der Waals surface area contributed by atoms with Crippen molar-refractivity contribution in [1.29, 1.82) is 0 Å². The average molecular weight is 419 g/mol. The van der Waals surface area contributed by atoms with E-state index in [-0.39, 0.29) is 11.5 Å². The first-order valence-corrected chi connectivity index (χ1v) is 10.4. The molecule has 5 nitrogen and oxygen atoms in total. The fraction of sp³-hybridized carbons (Fsp3) is 0.300. The second-order valence-electron chi connectivity index (χ2n) is 6.67. The van der Waals surface area contributed by atoms with Gasteiger partial charge in [-0.05, 0) is 30.3 Å². The molecule has 2 heterocycles. The predicted octanol–water partition coefficient (Wildman–Crippen LogP) is 3.64. The summed E-state index contributed by atoms with van der Waals surface area (Å²) in [6, 6.07) is 11.8. The second kappa shape index (κ2) is 8.43. The number of rotatable bonds is 5. The summed E-state index contributed by atoms with van der Waals surface area (Å²) in [5.74, 6) is -0.865. The third kappa shape index (κ3) is 4.27. The van der Waals surface area contributed by atoms with E-state index in [0.717, 1.165) is 53.1 Å². The van der Waals surface area contributed by atoms with Gasteiger partial charge in [0.25, 0.3) is 5.91 Å². The summed E-state index contributed by atoms with van der Waals surface area (Å²) in [5, 5.41) is 4.54. The Morgan fingerprint density at radius 1 is 1.18 bits per heavy atom. The number of nitrogens with zero attached hydrogens (tertiary/aromatic N) is 3. The molecule has 4 rings (SSSR count). The number of fused-ring (bicyclic) bond motifs is 1. The number of halogens is 2. The number of hydrogen-bond acceptors (Lipinski definition) is 5. The Morgan fingerprint density at radius 2 is 1.96 bits per heavy atom. The van der Waals surface area contributed by atoms with E-state index < -0.39 is 5.82 Å². The van der Waals surface area contributed by atoms with Crippen molar-refractivity contribution >= 4 is 44.2 Å². The monoisotopic (exact) mass is 418 g/mol. The Labute approximate surface area is 171 Å². The van der Waals surface area contributed by atoms with Crippen LogP contribution in [0.15, 0.2) is 42.5 Å². The van der Waals surface area contributed by atoms with E-state index in [4.69, 9.17) is 16.6 Å². The molecule has 28 heavy (non-hydrogen) atoms. The Balaban J connectivity index is 1.26. The molecule has 1 aliphatic rings. The first kappa shape index (κ1) is 19.1. The number of amides is 1. The van der Waals surface area contributed by atoms with Crippen LogP contribution in [-0.2, 0) is 0 Å². The lowest BCUT2D eigenvalue weighted by atomic mass is 10.2. The van der Waals surface area contributed by atoms with E-state index in [1.807, 2.05) is 18.2 Å². The van der Waals surface area contributed by atoms with Crippen molar-refractivity contribution in [2.75, 3.05) is 44.2 Å². The minimum atomic E-state index is -0.495. The second-order valence-corrected chi connectivity index (χ2v) is 8.12. The van der Waals surface area contributed by atoms with E-state index in [2.05, 4.69) is 15.1 Å². The quantitative estimate of drug-likeness (QED) is 0.687. The highest BCUT2D eigenvalue weighted by Crippen LogP contribution is 2.31. The Bertz CT molecular complexity index is 987. The largest absolute Gasteiger partial charge is 0.351 e. The zero-order chi connectivity index (χ0) is 19.5. The number of thiazole rings is 1. The maximum absolute atomic E-state index is 13.6. The zero-order valence-electron chi connectivity index (χ0n) is 15.2. The van der Waals surface area contributed by atoms with Gasteiger partial charge < -0.3 is 10.2 Å². The van der Waals surface area contributed by atoms with Crippen LogP contribution in [0.3, 0.4) is 0 Å². The van der Waals surface area contributed by atoms with Crippen LogP contribution >= 0.6 is 22.9 Å². The van der Waals surface area contributed by atoms with Gasteiger partial charge >= 0.3 is 0 Å². The Hall–Kier alpha value is -2.22. The number of nitrogens with one attached hydrogen (secondary N) is 1. The lowest BCUT2D eigenvalue weighted by molar-refractivity contribution is 0.0944. The highest BCUT2D eigenvalue weighted by atomic mass is 35.5. The zero-order valence-corrected chi connectivity index (χ0v) is 16.8. The number of anilines is 1. The van der Waals surface area contributed by atoms with E-state index in [9.17, 15) is 9.18 Å². The fourth-order valence-corrected chi connectivity index (χ4v) is 4.55. The average Bonchev–Trinajstić information content (AvgIpc) is 3.12. The normalized spacial score (nSPS) is 15.1. The third-order valence-electron chi connectivity index (χ3n) is 4.81. The van der Waals surface area contributed by atoms with Gasteiger partial charge in [-0.1, -0.05) is 35.1 Å². The van der Waals surface area contributed by atoms with Gasteiger partial charge in [0.05, 0.1) is 15.8 Å². The molecule has 1 aliphatic heterocycles. The van der Waals surface area contributed by atoms with Gasteiger partial charge in [0, 0.05) is 44.3 Å². The molecule has 0 aliphatic carbocycles.